The molecule has 0 unspecified atom stereocenters. The van der Waals surface area contributed by atoms with Crippen molar-refractivity contribution in [1.29, 1.82) is 0 Å². The topological polar surface area (TPSA) is 46.2 Å². The molecule has 0 aliphatic carbocycles. The molecule has 1 rings (SSSR count). The van der Waals surface area contributed by atoms with Gasteiger partial charge in [0.2, 0.25) is 0 Å². The van der Waals surface area contributed by atoms with Crippen molar-refractivity contribution >= 4 is 11.3 Å². The molecule has 2 nitrogen and oxygen atoms in total. The van der Waals surface area contributed by atoms with Crippen molar-refractivity contribution in [3.05, 3.63) is 22.4 Å². The van der Waals surface area contributed by atoms with Crippen molar-refractivity contribution < 1.29 is 5.11 Å². The Morgan fingerprint density at radius 3 is 3.00 bits per heavy atom. The van der Waals surface area contributed by atoms with Gasteiger partial charge in [0, 0.05) is 17.5 Å². The van der Waals surface area contributed by atoms with Gasteiger partial charge in [-0.2, -0.15) is 0 Å². The molecule has 3 heteroatoms. The highest BCUT2D eigenvalue weighted by molar-refractivity contribution is 7.09. The van der Waals surface area contributed by atoms with E-state index in [-0.39, 0.29) is 12.6 Å². The maximum absolute atomic E-state index is 8.59. The second-order valence-electron chi connectivity index (χ2n) is 2.56. The molecular formula is C8H13NOS. The molecule has 0 saturated heterocycles. The number of aliphatic hydroxyl groups is 1. The number of nitrogens with two attached hydrogens (primary N) is 1. The van der Waals surface area contributed by atoms with Gasteiger partial charge in [-0.3, -0.25) is 0 Å². The average molecular weight is 171 g/mol. The molecule has 1 aromatic rings. The van der Waals surface area contributed by atoms with Crippen LogP contribution in [-0.2, 0) is 6.42 Å². The SMILES string of the molecule is N[C@H](CCO)Cc1cccs1. The van der Waals surface area contributed by atoms with Crippen LogP contribution in [0.5, 0.6) is 0 Å². The van der Waals surface area contributed by atoms with Gasteiger partial charge < -0.3 is 10.8 Å². The number of thiophene rings is 1. The molecule has 1 aromatic heterocycles. The molecule has 1 atom stereocenters. The van der Waals surface area contributed by atoms with E-state index in [1.54, 1.807) is 11.3 Å². The highest BCUT2D eigenvalue weighted by Crippen LogP contribution is 2.11. The minimum absolute atomic E-state index is 0.110. The summed E-state index contributed by atoms with van der Waals surface area (Å²) in [4.78, 5) is 1.30. The molecule has 3 N–H and O–H groups in total. The van der Waals surface area contributed by atoms with Crippen LogP contribution >= 0.6 is 11.3 Å². The summed E-state index contributed by atoms with van der Waals surface area (Å²) >= 11 is 1.72. The second-order valence-corrected chi connectivity index (χ2v) is 3.59. The predicted molar refractivity (Wildman–Crippen MR) is 47.7 cm³/mol. The Labute approximate surface area is 70.7 Å². The van der Waals surface area contributed by atoms with Gasteiger partial charge in [-0.25, -0.2) is 0 Å². The smallest absolute Gasteiger partial charge is 0.0445 e. The lowest BCUT2D eigenvalue weighted by atomic mass is 10.1. The fourth-order valence-electron chi connectivity index (χ4n) is 0.955. The largest absolute Gasteiger partial charge is 0.396 e. The Morgan fingerprint density at radius 2 is 2.45 bits per heavy atom. The molecule has 0 radical (unpaired) electrons. The monoisotopic (exact) mass is 171 g/mol. The van der Waals surface area contributed by atoms with Crippen molar-refractivity contribution in [3.63, 3.8) is 0 Å². The first-order chi connectivity index (χ1) is 5.33. The summed E-state index contributed by atoms with van der Waals surface area (Å²) in [5.74, 6) is 0. The Balaban J connectivity index is 2.31. The van der Waals surface area contributed by atoms with Gasteiger partial charge in [-0.1, -0.05) is 6.07 Å². The van der Waals surface area contributed by atoms with Crippen molar-refractivity contribution in [2.45, 2.75) is 18.9 Å². The van der Waals surface area contributed by atoms with Crippen LogP contribution < -0.4 is 5.73 Å². The molecule has 0 bridgehead atoms. The molecular weight excluding hydrogens is 158 g/mol. The third kappa shape index (κ3) is 3.01. The molecule has 0 aromatic carbocycles. The van der Waals surface area contributed by atoms with E-state index in [0.29, 0.717) is 6.42 Å². The van der Waals surface area contributed by atoms with Crippen LogP contribution in [-0.4, -0.2) is 17.8 Å². The average Bonchev–Trinajstić information content (AvgIpc) is 2.40. The maximum Gasteiger partial charge on any atom is 0.0445 e. The van der Waals surface area contributed by atoms with Gasteiger partial charge in [-0.05, 0) is 24.3 Å². The van der Waals surface area contributed by atoms with E-state index in [1.165, 1.54) is 4.88 Å². The Morgan fingerprint density at radius 1 is 1.64 bits per heavy atom. The van der Waals surface area contributed by atoms with Crippen LogP contribution in [0.2, 0.25) is 0 Å². The van der Waals surface area contributed by atoms with Crippen molar-refractivity contribution in [2.24, 2.45) is 5.73 Å². The number of rotatable bonds is 4. The zero-order valence-corrected chi connectivity index (χ0v) is 7.18. The summed E-state index contributed by atoms with van der Waals surface area (Å²) in [6.45, 7) is 0.187. The third-order valence-electron chi connectivity index (χ3n) is 1.54. The van der Waals surface area contributed by atoms with Gasteiger partial charge in [0.25, 0.3) is 0 Å². The highest BCUT2D eigenvalue weighted by atomic mass is 32.1. The lowest BCUT2D eigenvalue weighted by Crippen LogP contribution is -2.23. The zero-order valence-electron chi connectivity index (χ0n) is 6.36. The van der Waals surface area contributed by atoms with Gasteiger partial charge in [0.15, 0.2) is 0 Å². The Hall–Kier alpha value is -0.380. The fourth-order valence-corrected chi connectivity index (χ4v) is 1.75. The second kappa shape index (κ2) is 4.49. The summed E-state index contributed by atoms with van der Waals surface area (Å²) in [6, 6.07) is 4.20. The Bertz CT molecular complexity index is 186. The minimum Gasteiger partial charge on any atom is -0.396 e. The minimum atomic E-state index is 0.110. The van der Waals surface area contributed by atoms with E-state index < -0.39 is 0 Å². The predicted octanol–water partition coefficient (Wildman–Crippen LogP) is 1.00. The van der Waals surface area contributed by atoms with Crippen LogP contribution in [0.4, 0.5) is 0 Å². The van der Waals surface area contributed by atoms with Crippen LogP contribution in [0.15, 0.2) is 17.5 Å². The number of hydrogen-bond donors (Lipinski definition) is 2. The van der Waals surface area contributed by atoms with Crippen molar-refractivity contribution in [1.82, 2.24) is 0 Å². The van der Waals surface area contributed by atoms with E-state index in [2.05, 4.69) is 6.07 Å². The van der Waals surface area contributed by atoms with Gasteiger partial charge >= 0.3 is 0 Å². The van der Waals surface area contributed by atoms with Crippen molar-refractivity contribution in [2.75, 3.05) is 6.61 Å². The van der Waals surface area contributed by atoms with E-state index in [0.717, 1.165) is 6.42 Å². The van der Waals surface area contributed by atoms with Gasteiger partial charge in [-0.15, -0.1) is 11.3 Å². The molecule has 0 spiro atoms. The number of hydrogen-bond acceptors (Lipinski definition) is 3. The molecule has 11 heavy (non-hydrogen) atoms. The molecule has 0 fully saturated rings. The molecule has 62 valence electrons. The summed E-state index contributed by atoms with van der Waals surface area (Å²) in [6.07, 6.45) is 1.58. The zero-order chi connectivity index (χ0) is 8.10. The molecule has 0 saturated carbocycles. The van der Waals surface area contributed by atoms with Crippen LogP contribution in [0, 0.1) is 0 Å². The summed E-state index contributed by atoms with van der Waals surface area (Å²) in [5, 5.41) is 10.6. The summed E-state index contributed by atoms with van der Waals surface area (Å²) in [5.41, 5.74) is 5.72. The fraction of sp³-hybridized carbons (Fsp3) is 0.500. The van der Waals surface area contributed by atoms with E-state index in [9.17, 15) is 0 Å². The molecule has 1 heterocycles. The van der Waals surface area contributed by atoms with Crippen molar-refractivity contribution in [3.8, 4) is 0 Å². The first-order valence-corrected chi connectivity index (χ1v) is 4.59. The van der Waals surface area contributed by atoms with Gasteiger partial charge in [0.05, 0.1) is 0 Å². The van der Waals surface area contributed by atoms with Crippen LogP contribution in [0.1, 0.15) is 11.3 Å². The lowest BCUT2D eigenvalue weighted by molar-refractivity contribution is 0.275. The standard InChI is InChI=1S/C8H13NOS/c9-7(3-4-10)6-8-2-1-5-11-8/h1-2,5,7,10H,3-4,6,9H2/t7-/m1/s1. The van der Waals surface area contributed by atoms with E-state index >= 15 is 0 Å². The van der Waals surface area contributed by atoms with Crippen LogP contribution in [0.3, 0.4) is 0 Å². The maximum atomic E-state index is 8.59. The van der Waals surface area contributed by atoms with Gasteiger partial charge in [0.1, 0.15) is 0 Å². The first kappa shape index (κ1) is 8.71. The first-order valence-electron chi connectivity index (χ1n) is 3.71. The third-order valence-corrected chi connectivity index (χ3v) is 2.44. The molecule has 0 amide bonds. The quantitative estimate of drug-likeness (QED) is 0.710. The summed E-state index contributed by atoms with van der Waals surface area (Å²) in [7, 11) is 0. The number of aliphatic hydroxyl groups excluding tert-OH is 1. The van der Waals surface area contributed by atoms with E-state index in [4.69, 9.17) is 10.8 Å². The molecule has 0 aliphatic heterocycles. The normalized spacial score (nSPS) is 13.3. The van der Waals surface area contributed by atoms with E-state index in [1.807, 2.05) is 11.4 Å². The van der Waals surface area contributed by atoms with Crippen LogP contribution in [0.25, 0.3) is 0 Å². The Kier molecular flexibility index (Phi) is 3.56. The highest BCUT2D eigenvalue weighted by Gasteiger charge is 2.02. The molecule has 0 aliphatic rings. The summed E-state index contributed by atoms with van der Waals surface area (Å²) < 4.78 is 0. The lowest BCUT2D eigenvalue weighted by Gasteiger charge is -2.06.